The van der Waals surface area contributed by atoms with Gasteiger partial charge in [0, 0.05) is 12.6 Å². The maximum Gasteiger partial charge on any atom is 0.261 e. The Kier molecular flexibility index (Phi) is 4.71. The van der Waals surface area contributed by atoms with Crippen molar-refractivity contribution in [3.63, 3.8) is 0 Å². The number of hydrogen-bond acceptors (Lipinski definition) is 4. The van der Waals surface area contributed by atoms with Crippen molar-refractivity contribution < 1.29 is 9.59 Å². The van der Waals surface area contributed by atoms with Crippen molar-refractivity contribution in [1.29, 1.82) is 0 Å². The third-order valence-electron chi connectivity index (χ3n) is 3.58. The van der Waals surface area contributed by atoms with Crippen LogP contribution < -0.4 is 5.32 Å². The molecule has 1 aliphatic heterocycles. The van der Waals surface area contributed by atoms with Crippen molar-refractivity contribution in [1.82, 2.24) is 10.2 Å². The molecule has 5 heteroatoms. The average molecular weight is 280 g/mol. The van der Waals surface area contributed by atoms with Crippen molar-refractivity contribution in [2.24, 2.45) is 0 Å². The van der Waals surface area contributed by atoms with Gasteiger partial charge < -0.3 is 5.32 Å². The maximum absolute atomic E-state index is 12.0. The van der Waals surface area contributed by atoms with Crippen LogP contribution in [0.25, 0.3) is 0 Å². The predicted molar refractivity (Wildman–Crippen MR) is 76.9 cm³/mol. The number of likely N-dealkylation sites (N-methyl/N-ethyl adjacent to an activating group) is 1. The van der Waals surface area contributed by atoms with Crippen LogP contribution in [0.4, 0.5) is 0 Å². The highest BCUT2D eigenvalue weighted by molar-refractivity contribution is 7.15. The van der Waals surface area contributed by atoms with Crippen molar-refractivity contribution in [3.8, 4) is 0 Å². The molecule has 2 rings (SSSR count). The van der Waals surface area contributed by atoms with Gasteiger partial charge >= 0.3 is 0 Å². The van der Waals surface area contributed by atoms with E-state index in [1.807, 2.05) is 0 Å². The van der Waals surface area contributed by atoms with Gasteiger partial charge in [-0.3, -0.25) is 14.5 Å². The van der Waals surface area contributed by atoms with Gasteiger partial charge in [0.2, 0.25) is 0 Å². The number of carbonyl (C=O) groups is 2. The first-order chi connectivity index (χ1) is 9.11. The first-order valence-electron chi connectivity index (χ1n) is 6.74. The van der Waals surface area contributed by atoms with E-state index in [0.29, 0.717) is 22.3 Å². The van der Waals surface area contributed by atoms with Crippen molar-refractivity contribution in [2.45, 2.75) is 32.7 Å². The van der Waals surface area contributed by atoms with Gasteiger partial charge in [-0.15, -0.1) is 11.3 Å². The molecule has 104 valence electrons. The lowest BCUT2D eigenvalue weighted by atomic mass is 10.2. The van der Waals surface area contributed by atoms with Crippen LogP contribution in [0, 0.1) is 0 Å². The van der Waals surface area contributed by atoms with E-state index in [2.05, 4.69) is 17.1 Å². The van der Waals surface area contributed by atoms with Crippen LogP contribution in [0.1, 0.15) is 46.0 Å². The summed E-state index contributed by atoms with van der Waals surface area (Å²) < 4.78 is 0. The molecular formula is C14H20N2O2S. The molecular weight excluding hydrogens is 260 g/mol. The van der Waals surface area contributed by atoms with Crippen LogP contribution in [0.3, 0.4) is 0 Å². The molecule has 1 saturated heterocycles. The molecule has 0 aromatic carbocycles. The minimum absolute atomic E-state index is 0.0111. The average Bonchev–Trinajstić information content (AvgIpc) is 3.04. The summed E-state index contributed by atoms with van der Waals surface area (Å²) in [5, 5.41) is 2.98. The number of likely N-dealkylation sites (tertiary alicyclic amines) is 1. The van der Waals surface area contributed by atoms with Gasteiger partial charge in [0.1, 0.15) is 0 Å². The minimum Gasteiger partial charge on any atom is -0.350 e. The fourth-order valence-electron chi connectivity index (χ4n) is 2.49. The fraction of sp³-hybridized carbons (Fsp3) is 0.571. The van der Waals surface area contributed by atoms with Gasteiger partial charge in [0.05, 0.1) is 9.75 Å². The second-order valence-corrected chi connectivity index (χ2v) is 5.94. The zero-order valence-corrected chi connectivity index (χ0v) is 12.3. The second kappa shape index (κ2) is 6.30. The lowest BCUT2D eigenvalue weighted by Crippen LogP contribution is -2.39. The number of thiophene rings is 1. The number of Topliss-reactive ketones (excluding diaryl/α,β-unsaturated/α-hetero) is 1. The Bertz CT molecular complexity index is 470. The quantitative estimate of drug-likeness (QED) is 0.841. The number of rotatable bonds is 5. The second-order valence-electron chi connectivity index (χ2n) is 4.85. The molecule has 1 amide bonds. The first kappa shape index (κ1) is 14.2. The van der Waals surface area contributed by atoms with E-state index < -0.39 is 0 Å². The van der Waals surface area contributed by atoms with Gasteiger partial charge in [-0.1, -0.05) is 6.92 Å². The van der Waals surface area contributed by atoms with Gasteiger partial charge in [-0.2, -0.15) is 0 Å². The molecule has 1 atom stereocenters. The molecule has 19 heavy (non-hydrogen) atoms. The number of hydrogen-bond donors (Lipinski definition) is 1. The smallest absolute Gasteiger partial charge is 0.261 e. The molecule has 1 aromatic heterocycles. The fourth-order valence-corrected chi connectivity index (χ4v) is 3.31. The molecule has 0 unspecified atom stereocenters. The van der Waals surface area contributed by atoms with Crippen LogP contribution in [0.2, 0.25) is 0 Å². The van der Waals surface area contributed by atoms with E-state index in [9.17, 15) is 9.59 Å². The zero-order valence-electron chi connectivity index (χ0n) is 11.4. The van der Waals surface area contributed by atoms with Crippen LogP contribution in [0.15, 0.2) is 12.1 Å². The van der Waals surface area contributed by atoms with Crippen molar-refractivity contribution >= 4 is 23.0 Å². The summed E-state index contributed by atoms with van der Waals surface area (Å²) in [5.74, 6) is -0.0579. The molecule has 1 aromatic rings. The third kappa shape index (κ3) is 3.42. The van der Waals surface area contributed by atoms with Gasteiger partial charge in [0.25, 0.3) is 5.91 Å². The lowest BCUT2D eigenvalue weighted by Gasteiger charge is -2.22. The highest BCUT2D eigenvalue weighted by atomic mass is 32.1. The number of nitrogens with zero attached hydrogens (tertiary/aromatic N) is 1. The van der Waals surface area contributed by atoms with E-state index in [1.54, 1.807) is 12.1 Å². The Morgan fingerprint density at radius 3 is 2.79 bits per heavy atom. The summed E-state index contributed by atoms with van der Waals surface area (Å²) in [6, 6.07) is 3.90. The standard InChI is InChI=1S/C14H20N2O2S/c1-3-16-8-4-5-11(16)9-15-14(18)13-7-6-12(19-13)10(2)17/h6-7,11H,3-5,8-9H2,1-2H3,(H,15,18)/t11-/m1/s1. The zero-order chi connectivity index (χ0) is 13.8. The topological polar surface area (TPSA) is 49.4 Å². The summed E-state index contributed by atoms with van der Waals surface area (Å²) in [7, 11) is 0. The van der Waals surface area contributed by atoms with Crippen LogP contribution in [-0.2, 0) is 0 Å². The maximum atomic E-state index is 12.0. The third-order valence-corrected chi connectivity index (χ3v) is 4.77. The normalized spacial score (nSPS) is 19.6. The largest absolute Gasteiger partial charge is 0.350 e. The van der Waals surface area contributed by atoms with Crippen LogP contribution in [0.5, 0.6) is 0 Å². The lowest BCUT2D eigenvalue weighted by molar-refractivity contribution is 0.0945. The van der Waals surface area contributed by atoms with Gasteiger partial charge in [-0.25, -0.2) is 0 Å². The molecule has 1 aliphatic rings. The Hall–Kier alpha value is -1.20. The number of carbonyl (C=O) groups excluding carboxylic acids is 2. The molecule has 1 fully saturated rings. The number of nitrogens with one attached hydrogen (secondary N) is 1. The Labute approximate surface area is 117 Å². The Balaban J connectivity index is 1.88. The first-order valence-corrected chi connectivity index (χ1v) is 7.56. The van der Waals surface area contributed by atoms with E-state index in [0.717, 1.165) is 19.5 Å². The molecule has 4 nitrogen and oxygen atoms in total. The molecule has 0 aliphatic carbocycles. The summed E-state index contributed by atoms with van der Waals surface area (Å²) in [6.07, 6.45) is 2.36. The molecule has 0 bridgehead atoms. The van der Waals surface area contributed by atoms with Crippen molar-refractivity contribution in [3.05, 3.63) is 21.9 Å². The molecule has 2 heterocycles. The van der Waals surface area contributed by atoms with Crippen LogP contribution >= 0.6 is 11.3 Å². The highest BCUT2D eigenvalue weighted by Crippen LogP contribution is 2.18. The van der Waals surface area contributed by atoms with Gasteiger partial charge in [0.15, 0.2) is 5.78 Å². The highest BCUT2D eigenvalue weighted by Gasteiger charge is 2.23. The van der Waals surface area contributed by atoms with E-state index >= 15 is 0 Å². The number of ketones is 1. The molecule has 0 radical (unpaired) electrons. The van der Waals surface area contributed by atoms with E-state index in [1.165, 1.54) is 24.7 Å². The van der Waals surface area contributed by atoms with Gasteiger partial charge in [-0.05, 0) is 45.0 Å². The molecule has 0 saturated carbocycles. The summed E-state index contributed by atoms with van der Waals surface area (Å²) in [4.78, 5) is 26.9. The van der Waals surface area contributed by atoms with Crippen LogP contribution in [-0.4, -0.2) is 42.3 Å². The SMILES string of the molecule is CCN1CCC[C@@H]1CNC(=O)c1ccc(C(C)=O)s1. The predicted octanol–water partition coefficient (Wildman–Crippen LogP) is 2.16. The Morgan fingerprint density at radius 2 is 2.16 bits per heavy atom. The summed E-state index contributed by atoms with van der Waals surface area (Å²) >= 11 is 1.26. The molecule has 0 spiro atoms. The van der Waals surface area contributed by atoms with E-state index in [-0.39, 0.29) is 11.7 Å². The monoisotopic (exact) mass is 280 g/mol. The number of amides is 1. The summed E-state index contributed by atoms with van der Waals surface area (Å²) in [6.45, 7) is 6.53. The Morgan fingerprint density at radius 1 is 1.42 bits per heavy atom. The molecule has 1 N–H and O–H groups in total. The summed E-state index contributed by atoms with van der Waals surface area (Å²) in [5.41, 5.74) is 0. The minimum atomic E-state index is -0.0690. The van der Waals surface area contributed by atoms with Crippen molar-refractivity contribution in [2.75, 3.05) is 19.6 Å². The van der Waals surface area contributed by atoms with E-state index in [4.69, 9.17) is 0 Å².